The van der Waals surface area contributed by atoms with E-state index in [1.54, 1.807) is 0 Å². The minimum atomic E-state index is -1.22. The van der Waals surface area contributed by atoms with Gasteiger partial charge in [0.1, 0.15) is 11.6 Å². The molecular weight excluding hydrogens is 501 g/mol. The Morgan fingerprint density at radius 2 is 1.92 bits per heavy atom. The normalized spacial score (nSPS) is 17.9. The summed E-state index contributed by atoms with van der Waals surface area (Å²) in [6, 6.07) is 16.2. The van der Waals surface area contributed by atoms with Crippen LogP contribution in [0.15, 0.2) is 48.5 Å². The second-order valence-electron chi connectivity index (χ2n) is 9.25. The smallest absolute Gasteiger partial charge is 0.410 e. The molecular formula is C26H33Cl2N5O3. The maximum absolute atomic E-state index is 11.0. The highest BCUT2D eigenvalue weighted by molar-refractivity contribution is 5.97. The number of amides is 1. The van der Waals surface area contributed by atoms with Gasteiger partial charge in [-0.25, -0.2) is 4.79 Å². The standard InChI is InChI=1S/C26H31N5O3.2ClH/c27-25(30-26(32)33)24-22-14-21(6-5-18(22)7-10-28-24)34-16-17-8-11-31(12-9-17)15-20-13-19-3-1-2-4-23(19)29-20;;/h1-6,13-14,17,24,28-29H,7-12,15-16H2,(H2,27,30)(H,32,33);2*1H. The monoisotopic (exact) mass is 533 g/mol. The molecule has 1 unspecified atom stereocenters. The Bertz CT molecular complexity index is 1160. The van der Waals surface area contributed by atoms with E-state index in [-0.39, 0.29) is 30.6 Å². The summed E-state index contributed by atoms with van der Waals surface area (Å²) in [6.45, 7) is 4.42. The van der Waals surface area contributed by atoms with Crippen molar-refractivity contribution in [3.8, 4) is 5.75 Å². The van der Waals surface area contributed by atoms with Crippen LogP contribution in [0, 0.1) is 11.3 Å². The lowest BCUT2D eigenvalue weighted by Crippen LogP contribution is -2.42. The topological polar surface area (TPSA) is 113 Å². The second kappa shape index (κ2) is 12.5. The fourth-order valence-electron chi connectivity index (χ4n) is 5.05. The molecule has 36 heavy (non-hydrogen) atoms. The zero-order chi connectivity index (χ0) is 23.5. The highest BCUT2D eigenvalue weighted by Crippen LogP contribution is 2.29. The number of ether oxygens (including phenoxy) is 1. The van der Waals surface area contributed by atoms with E-state index >= 15 is 0 Å². The molecule has 1 amide bonds. The van der Waals surface area contributed by atoms with Crippen LogP contribution in [0.25, 0.3) is 10.9 Å². The Labute approximate surface area is 223 Å². The molecule has 1 atom stereocenters. The highest BCUT2D eigenvalue weighted by Gasteiger charge is 2.26. The molecule has 3 heterocycles. The van der Waals surface area contributed by atoms with Crippen molar-refractivity contribution >= 4 is 47.6 Å². The van der Waals surface area contributed by atoms with Gasteiger partial charge in [0, 0.05) is 24.3 Å². The Morgan fingerprint density at radius 1 is 1.14 bits per heavy atom. The van der Waals surface area contributed by atoms with Crippen LogP contribution in [0.5, 0.6) is 5.75 Å². The molecule has 1 aromatic heterocycles. The van der Waals surface area contributed by atoms with Crippen LogP contribution in [-0.4, -0.2) is 53.2 Å². The molecule has 5 rings (SSSR count). The number of likely N-dealkylation sites (tertiary alicyclic amines) is 1. The van der Waals surface area contributed by atoms with Crippen LogP contribution in [-0.2, 0) is 13.0 Å². The van der Waals surface area contributed by atoms with Crippen molar-refractivity contribution in [2.75, 3.05) is 26.2 Å². The highest BCUT2D eigenvalue weighted by atomic mass is 35.5. The van der Waals surface area contributed by atoms with Crippen molar-refractivity contribution in [3.63, 3.8) is 0 Å². The quantitative estimate of drug-likeness (QED) is 0.232. The molecule has 0 radical (unpaired) electrons. The van der Waals surface area contributed by atoms with Crippen LogP contribution in [0.1, 0.15) is 35.7 Å². The number of rotatable bonds is 6. The molecule has 10 heteroatoms. The number of amidine groups is 1. The lowest BCUT2D eigenvalue weighted by molar-refractivity contribution is 0.136. The van der Waals surface area contributed by atoms with Crippen molar-refractivity contribution in [2.45, 2.75) is 31.8 Å². The van der Waals surface area contributed by atoms with Gasteiger partial charge in [-0.05, 0) is 79.0 Å². The molecule has 2 aliphatic rings. The Kier molecular flexibility index (Phi) is 9.62. The minimum absolute atomic E-state index is 0. The number of halogens is 2. The lowest BCUT2D eigenvalue weighted by Gasteiger charge is -2.31. The number of carboxylic acid groups (broad SMARTS) is 1. The number of benzene rings is 2. The average Bonchev–Trinajstić information content (AvgIpc) is 3.25. The van der Waals surface area contributed by atoms with E-state index in [1.807, 2.05) is 18.2 Å². The van der Waals surface area contributed by atoms with Crippen molar-refractivity contribution in [3.05, 3.63) is 65.4 Å². The molecule has 8 nitrogen and oxygen atoms in total. The molecule has 5 N–H and O–H groups in total. The minimum Gasteiger partial charge on any atom is -0.493 e. The summed E-state index contributed by atoms with van der Waals surface area (Å²) in [5.74, 6) is 1.22. The van der Waals surface area contributed by atoms with E-state index in [2.05, 4.69) is 50.8 Å². The summed E-state index contributed by atoms with van der Waals surface area (Å²) in [5, 5.41) is 23.7. The van der Waals surface area contributed by atoms with E-state index in [1.165, 1.54) is 16.6 Å². The first kappa shape index (κ1) is 27.8. The van der Waals surface area contributed by atoms with E-state index in [9.17, 15) is 4.79 Å². The number of aromatic amines is 1. The SMILES string of the molecule is Cl.Cl.N=C(NC(=O)O)C1NCCc2ccc(OCC3CCN(Cc4cc5ccccc5[nH]4)CC3)cc21. The van der Waals surface area contributed by atoms with Crippen LogP contribution in [0.3, 0.4) is 0 Å². The fraction of sp³-hybridized carbons (Fsp3) is 0.385. The molecule has 2 aromatic carbocycles. The van der Waals surface area contributed by atoms with E-state index in [0.717, 1.165) is 55.8 Å². The summed E-state index contributed by atoms with van der Waals surface area (Å²) >= 11 is 0. The van der Waals surface area contributed by atoms with Crippen LogP contribution >= 0.6 is 24.8 Å². The third-order valence-corrected chi connectivity index (χ3v) is 6.87. The summed E-state index contributed by atoms with van der Waals surface area (Å²) in [5.41, 5.74) is 4.49. The van der Waals surface area contributed by atoms with Crippen molar-refractivity contribution in [1.82, 2.24) is 20.5 Å². The van der Waals surface area contributed by atoms with Crippen molar-refractivity contribution in [2.24, 2.45) is 5.92 Å². The van der Waals surface area contributed by atoms with E-state index < -0.39 is 12.1 Å². The average molecular weight is 534 g/mol. The number of nitrogens with one attached hydrogen (secondary N) is 4. The zero-order valence-electron chi connectivity index (χ0n) is 20.0. The maximum Gasteiger partial charge on any atom is 0.410 e. The number of H-pyrrole nitrogens is 1. The third-order valence-electron chi connectivity index (χ3n) is 6.87. The number of fused-ring (bicyclic) bond motifs is 2. The van der Waals surface area contributed by atoms with Crippen LogP contribution in [0.2, 0.25) is 0 Å². The Hall–Kier alpha value is -2.78. The number of nitrogens with zero attached hydrogens (tertiary/aromatic N) is 1. The van der Waals surface area contributed by atoms with Gasteiger partial charge < -0.3 is 20.1 Å². The van der Waals surface area contributed by atoms with E-state index in [0.29, 0.717) is 19.1 Å². The number of aromatic nitrogens is 1. The summed E-state index contributed by atoms with van der Waals surface area (Å²) < 4.78 is 6.15. The second-order valence-corrected chi connectivity index (χ2v) is 9.25. The molecule has 194 valence electrons. The molecule has 0 aliphatic carbocycles. The van der Waals surface area contributed by atoms with Gasteiger partial charge >= 0.3 is 6.09 Å². The van der Waals surface area contributed by atoms with Crippen LogP contribution < -0.4 is 15.4 Å². The molecule has 0 spiro atoms. The van der Waals surface area contributed by atoms with Gasteiger partial charge in [-0.1, -0.05) is 24.3 Å². The summed E-state index contributed by atoms with van der Waals surface area (Å²) in [6.07, 6.45) is 1.83. The Balaban J connectivity index is 0.00000180. The number of hydrogen-bond donors (Lipinski definition) is 5. The van der Waals surface area contributed by atoms with Crippen molar-refractivity contribution in [1.29, 1.82) is 5.41 Å². The van der Waals surface area contributed by atoms with Gasteiger partial charge in [0.15, 0.2) is 0 Å². The lowest BCUT2D eigenvalue weighted by atomic mass is 9.93. The summed E-state index contributed by atoms with van der Waals surface area (Å²) in [4.78, 5) is 17.0. The molecule has 0 bridgehead atoms. The number of hydrogen-bond acceptors (Lipinski definition) is 5. The van der Waals surface area contributed by atoms with Gasteiger partial charge in [0.25, 0.3) is 0 Å². The molecule has 1 fully saturated rings. The first-order valence-corrected chi connectivity index (χ1v) is 11.9. The molecule has 1 saturated heterocycles. The predicted molar refractivity (Wildman–Crippen MR) is 146 cm³/mol. The third kappa shape index (κ3) is 6.50. The molecule has 0 saturated carbocycles. The zero-order valence-corrected chi connectivity index (χ0v) is 21.6. The van der Waals surface area contributed by atoms with Gasteiger partial charge in [-0.15, -0.1) is 24.8 Å². The maximum atomic E-state index is 11.0. The number of carbonyl (C=O) groups is 1. The van der Waals surface area contributed by atoms with Crippen molar-refractivity contribution < 1.29 is 14.6 Å². The van der Waals surface area contributed by atoms with Crippen LogP contribution in [0.4, 0.5) is 4.79 Å². The first-order chi connectivity index (χ1) is 16.5. The fourth-order valence-corrected chi connectivity index (χ4v) is 5.05. The van der Waals surface area contributed by atoms with E-state index in [4.69, 9.17) is 15.3 Å². The predicted octanol–water partition coefficient (Wildman–Crippen LogP) is 4.73. The van der Waals surface area contributed by atoms with Gasteiger partial charge in [-0.3, -0.25) is 15.6 Å². The number of piperidine rings is 1. The molecule has 2 aliphatic heterocycles. The Morgan fingerprint density at radius 3 is 2.67 bits per heavy atom. The van der Waals surface area contributed by atoms with Gasteiger partial charge in [0.2, 0.25) is 0 Å². The number of para-hydroxylation sites is 1. The van der Waals surface area contributed by atoms with Gasteiger partial charge in [-0.2, -0.15) is 0 Å². The van der Waals surface area contributed by atoms with Gasteiger partial charge in [0.05, 0.1) is 12.6 Å². The first-order valence-electron chi connectivity index (χ1n) is 11.9. The largest absolute Gasteiger partial charge is 0.493 e. The summed E-state index contributed by atoms with van der Waals surface area (Å²) in [7, 11) is 0. The molecule has 3 aromatic rings.